The number of carbonyl (C=O) groups is 2. The molecule has 0 spiro atoms. The molecule has 1 unspecified atom stereocenters. The van der Waals surface area contributed by atoms with E-state index < -0.39 is 30.3 Å². The van der Waals surface area contributed by atoms with Gasteiger partial charge in [-0.25, -0.2) is 5.01 Å². The van der Waals surface area contributed by atoms with E-state index in [9.17, 15) is 18.4 Å². The van der Waals surface area contributed by atoms with Crippen LogP contribution in [0.5, 0.6) is 0 Å². The quantitative estimate of drug-likeness (QED) is 0.400. The number of hydrogen-bond acceptors (Lipinski definition) is 3. The van der Waals surface area contributed by atoms with Crippen molar-refractivity contribution in [1.82, 2.24) is 5.01 Å². The Hall–Kier alpha value is -3.58. The van der Waals surface area contributed by atoms with E-state index in [-0.39, 0.29) is 6.42 Å². The van der Waals surface area contributed by atoms with Gasteiger partial charge in [0.25, 0.3) is 0 Å². The predicted octanol–water partition coefficient (Wildman–Crippen LogP) is 6.72. The minimum Gasteiger partial charge on any atom is -0.481 e. The van der Waals surface area contributed by atoms with Gasteiger partial charge in [0.2, 0.25) is 0 Å². The molecule has 186 valence electrons. The number of carboxylic acid groups (broad SMARTS) is 1. The molecule has 1 aliphatic heterocycles. The Morgan fingerprint density at radius 2 is 1.67 bits per heavy atom. The molecule has 0 fully saturated rings. The number of aliphatic carboxylic acids is 1. The fourth-order valence-corrected chi connectivity index (χ4v) is 4.51. The number of benzene rings is 3. The van der Waals surface area contributed by atoms with Crippen molar-refractivity contribution in [3.8, 4) is 11.1 Å². The summed E-state index contributed by atoms with van der Waals surface area (Å²) in [6.07, 6.45) is -1.41. The summed E-state index contributed by atoms with van der Waals surface area (Å²) >= 11 is 6.09. The molecule has 8 heteroatoms. The van der Waals surface area contributed by atoms with Crippen LogP contribution in [0, 0.1) is 20.8 Å². The van der Waals surface area contributed by atoms with Gasteiger partial charge in [0.1, 0.15) is 6.42 Å². The molecule has 1 atom stereocenters. The van der Waals surface area contributed by atoms with Gasteiger partial charge in [-0.2, -0.15) is 13.9 Å². The molecule has 0 aliphatic carbocycles. The van der Waals surface area contributed by atoms with E-state index in [2.05, 4.69) is 5.10 Å². The van der Waals surface area contributed by atoms with Gasteiger partial charge in [-0.05, 0) is 60.7 Å². The Balaban J connectivity index is 1.84. The summed E-state index contributed by atoms with van der Waals surface area (Å²) in [7, 11) is 0. The molecule has 1 amide bonds. The lowest BCUT2D eigenvalue weighted by Gasteiger charge is -2.25. The van der Waals surface area contributed by atoms with Crippen molar-refractivity contribution in [2.45, 2.75) is 45.6 Å². The number of alkyl halides is 2. The topological polar surface area (TPSA) is 70.0 Å². The van der Waals surface area contributed by atoms with E-state index >= 15 is 0 Å². The van der Waals surface area contributed by atoms with Crippen LogP contribution in [0.15, 0.2) is 65.8 Å². The number of halogens is 3. The summed E-state index contributed by atoms with van der Waals surface area (Å²) < 4.78 is 29.3. The van der Waals surface area contributed by atoms with E-state index in [1.807, 2.05) is 57.2 Å². The minimum atomic E-state index is -4.10. The number of carbonyl (C=O) groups excluding carboxylic acids is 1. The molecule has 0 bridgehead atoms. The van der Waals surface area contributed by atoms with Crippen molar-refractivity contribution >= 4 is 29.2 Å². The molecule has 1 heterocycles. The highest BCUT2D eigenvalue weighted by Crippen LogP contribution is 2.39. The normalized spacial score (nSPS) is 15.7. The zero-order valence-electron chi connectivity index (χ0n) is 20.1. The van der Waals surface area contributed by atoms with Crippen molar-refractivity contribution in [3.05, 3.63) is 93.5 Å². The summed E-state index contributed by atoms with van der Waals surface area (Å²) in [4.78, 5) is 23.9. The summed E-state index contributed by atoms with van der Waals surface area (Å²) in [6.45, 7) is 5.85. The molecule has 3 aromatic carbocycles. The lowest BCUT2D eigenvalue weighted by molar-refractivity contribution is -0.167. The number of amides is 1. The number of nitrogens with zero attached hydrogens (tertiary/aromatic N) is 2. The van der Waals surface area contributed by atoms with Gasteiger partial charge < -0.3 is 5.11 Å². The van der Waals surface area contributed by atoms with E-state index in [4.69, 9.17) is 16.7 Å². The third-order valence-corrected chi connectivity index (χ3v) is 6.70. The Labute approximate surface area is 213 Å². The molecule has 3 aromatic rings. The number of rotatable bonds is 6. The summed E-state index contributed by atoms with van der Waals surface area (Å²) in [5.74, 6) is -7.50. The molecule has 1 aliphatic rings. The summed E-state index contributed by atoms with van der Waals surface area (Å²) in [5.41, 5.74) is 6.58. The highest BCUT2D eigenvalue weighted by molar-refractivity contribution is 6.30. The maximum absolute atomic E-state index is 14.6. The molecule has 0 saturated heterocycles. The Kier molecular flexibility index (Phi) is 6.96. The smallest absolute Gasteiger partial charge is 0.337 e. The Morgan fingerprint density at radius 1 is 1.03 bits per heavy atom. The van der Waals surface area contributed by atoms with Crippen molar-refractivity contribution in [3.63, 3.8) is 0 Å². The largest absolute Gasteiger partial charge is 0.481 e. The summed E-state index contributed by atoms with van der Waals surface area (Å²) in [6, 6.07) is 17.5. The van der Waals surface area contributed by atoms with Crippen molar-refractivity contribution in [1.29, 1.82) is 0 Å². The van der Waals surface area contributed by atoms with Gasteiger partial charge in [0, 0.05) is 17.0 Å². The monoisotopic (exact) mass is 510 g/mol. The predicted molar refractivity (Wildman–Crippen MR) is 135 cm³/mol. The second kappa shape index (κ2) is 9.82. The second-order valence-corrected chi connectivity index (χ2v) is 9.48. The minimum absolute atomic E-state index is 0.195. The van der Waals surface area contributed by atoms with Crippen LogP contribution in [-0.2, 0) is 9.59 Å². The van der Waals surface area contributed by atoms with E-state index in [0.29, 0.717) is 16.3 Å². The number of hydrazone groups is 1. The lowest BCUT2D eigenvalue weighted by atomic mass is 9.88. The lowest BCUT2D eigenvalue weighted by Crippen LogP contribution is -2.42. The third-order valence-electron chi connectivity index (χ3n) is 6.45. The van der Waals surface area contributed by atoms with Crippen molar-refractivity contribution < 1.29 is 23.5 Å². The molecule has 0 radical (unpaired) electrons. The van der Waals surface area contributed by atoms with Crippen LogP contribution < -0.4 is 0 Å². The van der Waals surface area contributed by atoms with Crippen LogP contribution in [0.2, 0.25) is 5.02 Å². The molecular weight excluding hydrogens is 486 g/mol. The zero-order valence-corrected chi connectivity index (χ0v) is 20.8. The number of carboxylic acids is 1. The van der Waals surface area contributed by atoms with Crippen molar-refractivity contribution in [2.75, 3.05) is 0 Å². The van der Waals surface area contributed by atoms with Crippen LogP contribution in [0.3, 0.4) is 0 Å². The molecule has 1 N–H and O–H groups in total. The Bertz CT molecular complexity index is 1350. The first-order valence-electron chi connectivity index (χ1n) is 11.4. The van der Waals surface area contributed by atoms with Gasteiger partial charge in [-0.1, -0.05) is 65.7 Å². The molecule has 0 aromatic heterocycles. The van der Waals surface area contributed by atoms with Gasteiger partial charge >= 0.3 is 17.8 Å². The Morgan fingerprint density at radius 3 is 2.28 bits per heavy atom. The van der Waals surface area contributed by atoms with Gasteiger partial charge in [0.15, 0.2) is 0 Å². The first-order chi connectivity index (χ1) is 17.0. The van der Waals surface area contributed by atoms with Gasteiger partial charge in [-0.3, -0.25) is 9.59 Å². The van der Waals surface area contributed by atoms with Gasteiger partial charge in [0.05, 0.1) is 11.8 Å². The van der Waals surface area contributed by atoms with E-state index in [1.165, 1.54) is 0 Å². The van der Waals surface area contributed by atoms with Crippen LogP contribution in [0.1, 0.15) is 46.7 Å². The van der Waals surface area contributed by atoms with Crippen molar-refractivity contribution in [2.24, 2.45) is 5.10 Å². The average Bonchev–Trinajstić information content (AvgIpc) is 3.25. The van der Waals surface area contributed by atoms with Crippen LogP contribution in [0.25, 0.3) is 11.1 Å². The summed E-state index contributed by atoms with van der Waals surface area (Å²) in [5, 5.41) is 14.7. The zero-order chi connectivity index (χ0) is 26.2. The highest BCUT2D eigenvalue weighted by atomic mass is 35.5. The van der Waals surface area contributed by atoms with E-state index in [0.717, 1.165) is 38.4 Å². The molecule has 4 rings (SSSR count). The molecule has 5 nitrogen and oxygen atoms in total. The van der Waals surface area contributed by atoms with Crippen LogP contribution in [-0.4, -0.2) is 33.6 Å². The second-order valence-electron chi connectivity index (χ2n) is 9.04. The third kappa shape index (κ3) is 5.02. The standard InChI is InChI=1S/C28H25ClF2N2O3/c1-16-4-7-19(8-5-16)24-14-23(32-33(24)27(36)28(30,31)15-25(34)35)22-13-6-17(2)18(3)26(22)20-9-11-21(29)12-10-20/h4-13,24H,14-15H2,1-3H3,(H,34,35). The SMILES string of the molecule is Cc1ccc(C2CC(c3ccc(C)c(C)c3-c3ccc(Cl)cc3)=NN2C(=O)C(F)(F)CC(=O)O)cc1. The first-order valence-corrected chi connectivity index (χ1v) is 11.8. The fourth-order valence-electron chi connectivity index (χ4n) is 4.39. The highest BCUT2D eigenvalue weighted by Gasteiger charge is 2.48. The van der Waals surface area contributed by atoms with Crippen LogP contribution in [0.4, 0.5) is 8.78 Å². The fraction of sp³-hybridized carbons (Fsp3) is 0.250. The number of hydrogen-bond donors (Lipinski definition) is 1. The average molecular weight is 511 g/mol. The molecular formula is C28H25ClF2N2O3. The first kappa shape index (κ1) is 25.5. The van der Waals surface area contributed by atoms with Gasteiger partial charge in [-0.15, -0.1) is 0 Å². The van der Waals surface area contributed by atoms with E-state index in [1.54, 1.807) is 24.3 Å². The molecule has 0 saturated carbocycles. The molecule has 36 heavy (non-hydrogen) atoms. The van der Waals surface area contributed by atoms with Crippen LogP contribution >= 0.6 is 11.6 Å². The maximum atomic E-state index is 14.6. The maximum Gasteiger partial charge on any atom is 0.337 e. The number of aryl methyl sites for hydroxylation is 2.